The van der Waals surface area contributed by atoms with E-state index in [1.165, 1.54) is 6.92 Å². The molecule has 0 saturated heterocycles. The highest BCUT2D eigenvalue weighted by molar-refractivity contribution is 5.97. The van der Waals surface area contributed by atoms with Crippen LogP contribution in [-0.2, 0) is 14.4 Å². The molecule has 3 fully saturated rings. The van der Waals surface area contributed by atoms with Gasteiger partial charge in [-0.25, -0.2) is 8.78 Å². The third-order valence-corrected chi connectivity index (χ3v) is 8.43. The van der Waals surface area contributed by atoms with Gasteiger partial charge in [0.1, 0.15) is 12.8 Å². The molecule has 154 valence electrons. The summed E-state index contributed by atoms with van der Waals surface area (Å²) in [6, 6.07) is 0. The molecule has 0 spiro atoms. The summed E-state index contributed by atoms with van der Waals surface area (Å²) >= 11 is 0. The lowest BCUT2D eigenvalue weighted by Crippen LogP contribution is -2.70. The molecule has 2 N–H and O–H groups in total. The molecule has 7 heteroatoms. The van der Waals surface area contributed by atoms with E-state index in [1.807, 2.05) is 0 Å². The third kappa shape index (κ3) is 2.15. The van der Waals surface area contributed by atoms with E-state index in [-0.39, 0.29) is 30.6 Å². The number of aliphatic hydroxyl groups is 2. The molecule has 0 aromatic heterocycles. The number of fused-ring (bicyclic) bond motifs is 5. The van der Waals surface area contributed by atoms with Gasteiger partial charge in [0, 0.05) is 24.7 Å². The van der Waals surface area contributed by atoms with Gasteiger partial charge in [0.2, 0.25) is 0 Å². The van der Waals surface area contributed by atoms with Crippen molar-refractivity contribution in [2.45, 2.75) is 63.9 Å². The number of hydrogen-bond acceptors (Lipinski definition) is 5. The fourth-order valence-corrected chi connectivity index (χ4v) is 6.97. The molecule has 0 bridgehead atoms. The molecule has 5 nitrogen and oxygen atoms in total. The highest BCUT2D eigenvalue weighted by Gasteiger charge is 2.74. The maximum Gasteiger partial charge on any atom is 0.183 e. The Bertz CT molecular complexity index is 794. The number of carbonyl (C=O) groups is 3. The Labute approximate surface area is 162 Å². The van der Waals surface area contributed by atoms with Crippen molar-refractivity contribution >= 4 is 17.3 Å². The maximum atomic E-state index is 16.7. The van der Waals surface area contributed by atoms with Crippen LogP contribution in [0.5, 0.6) is 0 Å². The molecule has 0 aromatic rings. The molecule has 4 aliphatic rings. The summed E-state index contributed by atoms with van der Waals surface area (Å²) in [5.41, 5.74) is -5.22. The number of rotatable bonds is 2. The molecular formula is C21H26F2O5. The summed E-state index contributed by atoms with van der Waals surface area (Å²) < 4.78 is 31.9. The quantitative estimate of drug-likeness (QED) is 0.744. The van der Waals surface area contributed by atoms with Gasteiger partial charge in [0.25, 0.3) is 0 Å². The van der Waals surface area contributed by atoms with E-state index in [0.29, 0.717) is 12.8 Å². The van der Waals surface area contributed by atoms with E-state index < -0.39 is 64.7 Å². The number of aliphatic hydroxyl groups excluding tert-OH is 2. The van der Waals surface area contributed by atoms with Crippen molar-refractivity contribution in [3.8, 4) is 0 Å². The van der Waals surface area contributed by atoms with Crippen LogP contribution >= 0.6 is 0 Å². The van der Waals surface area contributed by atoms with E-state index in [9.17, 15) is 24.6 Å². The molecule has 2 unspecified atom stereocenters. The van der Waals surface area contributed by atoms with Gasteiger partial charge in [-0.15, -0.1) is 0 Å². The summed E-state index contributed by atoms with van der Waals surface area (Å²) in [6.45, 7) is 2.49. The molecule has 3 saturated carbocycles. The van der Waals surface area contributed by atoms with Crippen LogP contribution in [0.25, 0.3) is 0 Å². The number of alkyl halides is 2. The van der Waals surface area contributed by atoms with Gasteiger partial charge in [0.05, 0.1) is 11.5 Å². The van der Waals surface area contributed by atoms with Gasteiger partial charge >= 0.3 is 0 Å². The standard InChI is InChI=1S/C21H26F2O5/c1-19-8-18(28)21(23)13(11(19)3-4-12(19)16(26)9-24)7-15(22)14-5-10(25)6-17(27)20(14,21)2/h5,11-13,15,17,24,27H,3-4,6-9H2,1-2H3/t11-,12+,13-,15?,17?,19-,20+,21-/m0/s1. The molecule has 4 aliphatic carbocycles. The molecule has 8 atom stereocenters. The Hall–Kier alpha value is -1.47. The highest BCUT2D eigenvalue weighted by Crippen LogP contribution is 2.68. The van der Waals surface area contributed by atoms with E-state index in [0.717, 1.165) is 6.08 Å². The number of carbonyl (C=O) groups excluding carboxylic acids is 3. The van der Waals surface area contributed by atoms with Crippen molar-refractivity contribution in [1.29, 1.82) is 0 Å². The van der Waals surface area contributed by atoms with Crippen LogP contribution in [0.2, 0.25) is 0 Å². The first-order chi connectivity index (χ1) is 13.0. The van der Waals surface area contributed by atoms with Gasteiger partial charge in [-0.1, -0.05) is 6.92 Å². The summed E-state index contributed by atoms with van der Waals surface area (Å²) in [5, 5.41) is 20.0. The first-order valence-electron chi connectivity index (χ1n) is 9.94. The second-order valence-electron chi connectivity index (χ2n) is 9.48. The van der Waals surface area contributed by atoms with Crippen LogP contribution in [-0.4, -0.2) is 52.1 Å². The zero-order valence-corrected chi connectivity index (χ0v) is 16.1. The lowest BCUT2D eigenvalue weighted by atomic mass is 9.44. The van der Waals surface area contributed by atoms with Crippen molar-refractivity contribution in [2.75, 3.05) is 6.61 Å². The van der Waals surface area contributed by atoms with Crippen molar-refractivity contribution in [3.63, 3.8) is 0 Å². The molecule has 0 aliphatic heterocycles. The number of halogens is 2. The topological polar surface area (TPSA) is 91.7 Å². The van der Waals surface area contributed by atoms with Crippen LogP contribution in [0.3, 0.4) is 0 Å². The van der Waals surface area contributed by atoms with Crippen molar-refractivity contribution in [1.82, 2.24) is 0 Å². The van der Waals surface area contributed by atoms with Gasteiger partial charge in [-0.2, -0.15) is 0 Å². The van der Waals surface area contributed by atoms with E-state index >= 15 is 8.78 Å². The maximum absolute atomic E-state index is 16.7. The number of Topliss-reactive ketones (excluding diaryl/α,β-unsaturated/α-hetero) is 2. The third-order valence-electron chi connectivity index (χ3n) is 8.43. The SMILES string of the molecule is C[C@]12CC(=O)[C@@]3(F)[C@@H](CC(F)C4=CC(=O)CC(O)[C@@]43C)[C@@H]1CC[C@@H]2C(=O)CO. The van der Waals surface area contributed by atoms with Gasteiger partial charge in [0.15, 0.2) is 23.0 Å². The Morgan fingerprint density at radius 2 is 1.93 bits per heavy atom. The van der Waals surface area contributed by atoms with Crippen LogP contribution in [0.1, 0.15) is 46.0 Å². The largest absolute Gasteiger partial charge is 0.392 e. The number of ketones is 3. The van der Waals surface area contributed by atoms with E-state index in [2.05, 4.69) is 0 Å². The lowest BCUT2D eigenvalue weighted by molar-refractivity contribution is -0.192. The molecule has 0 radical (unpaired) electrons. The normalized spacial score (nSPS) is 50.5. The predicted octanol–water partition coefficient (Wildman–Crippen LogP) is 1.89. The lowest BCUT2D eigenvalue weighted by Gasteiger charge is -2.61. The summed E-state index contributed by atoms with van der Waals surface area (Å²) in [4.78, 5) is 37.4. The Kier molecular flexibility index (Phi) is 4.26. The Morgan fingerprint density at radius 3 is 2.57 bits per heavy atom. The average Bonchev–Trinajstić information content (AvgIpc) is 2.96. The first kappa shape index (κ1) is 19.8. The smallest absolute Gasteiger partial charge is 0.183 e. The fraction of sp³-hybridized carbons (Fsp3) is 0.762. The zero-order chi connectivity index (χ0) is 20.6. The molecule has 0 amide bonds. The molecule has 4 rings (SSSR count). The number of hydrogen-bond donors (Lipinski definition) is 2. The minimum absolute atomic E-state index is 0.118. The fourth-order valence-electron chi connectivity index (χ4n) is 6.97. The Balaban J connectivity index is 1.84. The van der Waals surface area contributed by atoms with Crippen molar-refractivity contribution in [3.05, 3.63) is 11.6 Å². The van der Waals surface area contributed by atoms with Crippen LogP contribution in [0, 0.1) is 28.6 Å². The van der Waals surface area contributed by atoms with Crippen LogP contribution in [0.4, 0.5) is 8.78 Å². The summed E-state index contributed by atoms with van der Waals surface area (Å²) in [6.07, 6.45) is -1.91. The molecule has 0 heterocycles. The van der Waals surface area contributed by atoms with Gasteiger partial charge in [-0.05, 0) is 49.2 Å². The molecular weight excluding hydrogens is 370 g/mol. The highest BCUT2D eigenvalue weighted by atomic mass is 19.1. The minimum Gasteiger partial charge on any atom is -0.392 e. The minimum atomic E-state index is -2.48. The second kappa shape index (κ2) is 6.02. The predicted molar refractivity (Wildman–Crippen MR) is 94.7 cm³/mol. The second-order valence-corrected chi connectivity index (χ2v) is 9.48. The Morgan fingerprint density at radius 1 is 1.25 bits per heavy atom. The van der Waals surface area contributed by atoms with Gasteiger partial charge < -0.3 is 10.2 Å². The van der Waals surface area contributed by atoms with E-state index in [1.54, 1.807) is 6.92 Å². The van der Waals surface area contributed by atoms with E-state index in [4.69, 9.17) is 0 Å². The van der Waals surface area contributed by atoms with Crippen molar-refractivity contribution < 1.29 is 33.4 Å². The molecule has 0 aromatic carbocycles. The monoisotopic (exact) mass is 396 g/mol. The first-order valence-corrected chi connectivity index (χ1v) is 9.94. The zero-order valence-electron chi connectivity index (χ0n) is 16.1. The average molecular weight is 396 g/mol. The van der Waals surface area contributed by atoms with Crippen molar-refractivity contribution in [2.24, 2.45) is 28.6 Å². The summed E-state index contributed by atoms with van der Waals surface area (Å²) in [5.74, 6) is -3.51. The summed E-state index contributed by atoms with van der Waals surface area (Å²) in [7, 11) is 0. The van der Waals surface area contributed by atoms with Gasteiger partial charge in [-0.3, -0.25) is 14.4 Å². The van der Waals surface area contributed by atoms with Crippen LogP contribution < -0.4 is 0 Å². The van der Waals surface area contributed by atoms with Crippen LogP contribution in [0.15, 0.2) is 11.6 Å². The molecule has 28 heavy (non-hydrogen) atoms.